The number of aromatic nitrogens is 3. The van der Waals surface area contributed by atoms with E-state index in [1.54, 1.807) is 56.0 Å². The summed E-state index contributed by atoms with van der Waals surface area (Å²) in [5.74, 6) is -0.0298. The third-order valence-electron chi connectivity index (χ3n) is 4.94. The van der Waals surface area contributed by atoms with Crippen molar-refractivity contribution in [3.05, 3.63) is 47.7 Å². The Morgan fingerprint density at radius 2 is 1.97 bits per heavy atom. The van der Waals surface area contributed by atoms with Crippen LogP contribution in [0.2, 0.25) is 0 Å². The monoisotopic (exact) mass is 436 g/mol. The molecular formula is C23H24N4O5. The number of benzene rings is 1. The Morgan fingerprint density at radius 1 is 1.22 bits per heavy atom. The van der Waals surface area contributed by atoms with E-state index in [-0.39, 0.29) is 11.6 Å². The van der Waals surface area contributed by atoms with Gasteiger partial charge in [-0.1, -0.05) is 12.1 Å². The molecule has 1 aromatic carbocycles. The summed E-state index contributed by atoms with van der Waals surface area (Å²) in [4.78, 5) is 42.9. The number of aldehydes is 1. The summed E-state index contributed by atoms with van der Waals surface area (Å²) in [6.45, 7) is 5.42. The summed E-state index contributed by atoms with van der Waals surface area (Å²) in [6.07, 6.45) is 3.25. The van der Waals surface area contributed by atoms with Crippen LogP contribution in [0.3, 0.4) is 0 Å². The van der Waals surface area contributed by atoms with E-state index in [0.29, 0.717) is 34.6 Å². The normalized spacial score (nSPS) is 13.6. The molecule has 1 saturated carbocycles. The molecule has 32 heavy (non-hydrogen) atoms. The summed E-state index contributed by atoms with van der Waals surface area (Å²) in [7, 11) is 1.31. The molecule has 0 spiro atoms. The highest BCUT2D eigenvalue weighted by atomic mass is 16.6. The first-order valence-corrected chi connectivity index (χ1v) is 10.3. The molecule has 1 amide bonds. The summed E-state index contributed by atoms with van der Waals surface area (Å²) in [5, 5.41) is 4.29. The number of esters is 1. The van der Waals surface area contributed by atoms with E-state index < -0.39 is 17.7 Å². The zero-order valence-corrected chi connectivity index (χ0v) is 18.4. The largest absolute Gasteiger partial charge is 0.465 e. The third kappa shape index (κ3) is 4.18. The maximum atomic E-state index is 13.1. The maximum Gasteiger partial charge on any atom is 0.416 e. The standard InChI is InChI=1S/C23H24N4O5/c1-23(2,3)32-22(30)26(17-8-9-17)19-11-18(25-20-16(13-28)12-24-27(19)20)14-6-5-7-15(10-14)21(29)31-4/h5-7,10-13,17H,8-9H2,1-4H3. The fraction of sp³-hybridized carbons (Fsp3) is 0.348. The Hall–Kier alpha value is -3.75. The Kier molecular flexibility index (Phi) is 5.41. The van der Waals surface area contributed by atoms with Crippen molar-refractivity contribution in [2.75, 3.05) is 12.0 Å². The smallest absolute Gasteiger partial charge is 0.416 e. The number of nitrogens with zero attached hydrogens (tertiary/aromatic N) is 4. The number of fused-ring (bicyclic) bond motifs is 1. The van der Waals surface area contributed by atoms with Gasteiger partial charge in [0.1, 0.15) is 11.4 Å². The topological polar surface area (TPSA) is 103 Å². The highest BCUT2D eigenvalue weighted by molar-refractivity contribution is 5.93. The van der Waals surface area contributed by atoms with Gasteiger partial charge in [-0.3, -0.25) is 9.69 Å². The Bertz CT molecular complexity index is 1210. The van der Waals surface area contributed by atoms with Crippen LogP contribution in [0.1, 0.15) is 54.3 Å². The SMILES string of the molecule is COC(=O)c1cccc(-c2cc(N(C(=O)OC(C)(C)C)C3CC3)n3ncc(C=O)c3n2)c1. The van der Waals surface area contributed by atoms with E-state index in [1.165, 1.54) is 17.8 Å². The molecule has 166 valence electrons. The lowest BCUT2D eigenvalue weighted by Gasteiger charge is -2.27. The number of rotatable bonds is 5. The fourth-order valence-corrected chi connectivity index (χ4v) is 3.36. The van der Waals surface area contributed by atoms with Crippen LogP contribution in [0, 0.1) is 0 Å². The number of amides is 1. The first-order chi connectivity index (χ1) is 15.2. The quantitative estimate of drug-likeness (QED) is 0.441. The minimum Gasteiger partial charge on any atom is -0.465 e. The molecular weight excluding hydrogens is 412 g/mol. The van der Waals surface area contributed by atoms with E-state index in [9.17, 15) is 14.4 Å². The minimum absolute atomic E-state index is 0.0337. The Balaban J connectivity index is 1.89. The number of carbonyl (C=O) groups is 3. The van der Waals surface area contributed by atoms with Gasteiger partial charge in [-0.2, -0.15) is 9.61 Å². The molecule has 0 radical (unpaired) electrons. The summed E-state index contributed by atoms with van der Waals surface area (Å²) >= 11 is 0. The van der Waals surface area contributed by atoms with Crippen molar-refractivity contribution >= 4 is 29.8 Å². The molecule has 4 rings (SSSR count). The van der Waals surface area contributed by atoms with Gasteiger partial charge in [-0.25, -0.2) is 14.6 Å². The van der Waals surface area contributed by atoms with Crippen LogP contribution in [0.5, 0.6) is 0 Å². The molecule has 2 heterocycles. The molecule has 1 aliphatic carbocycles. The highest BCUT2D eigenvalue weighted by Gasteiger charge is 2.38. The molecule has 0 saturated heterocycles. The van der Waals surface area contributed by atoms with Crippen LogP contribution in [-0.4, -0.2) is 51.7 Å². The fourth-order valence-electron chi connectivity index (χ4n) is 3.36. The molecule has 0 unspecified atom stereocenters. The second-order valence-corrected chi connectivity index (χ2v) is 8.61. The van der Waals surface area contributed by atoms with E-state index in [1.807, 2.05) is 0 Å². The van der Waals surface area contributed by atoms with Crippen molar-refractivity contribution in [2.45, 2.75) is 45.3 Å². The predicted molar refractivity (Wildman–Crippen MR) is 117 cm³/mol. The number of hydrogen-bond acceptors (Lipinski definition) is 7. The lowest BCUT2D eigenvalue weighted by atomic mass is 10.1. The van der Waals surface area contributed by atoms with Gasteiger partial charge in [0.25, 0.3) is 0 Å². The molecule has 9 heteroatoms. The molecule has 1 fully saturated rings. The number of ether oxygens (including phenoxy) is 2. The van der Waals surface area contributed by atoms with Crippen molar-refractivity contribution in [1.29, 1.82) is 0 Å². The van der Waals surface area contributed by atoms with Crippen LogP contribution in [0.4, 0.5) is 10.6 Å². The number of carbonyl (C=O) groups excluding carboxylic acids is 3. The number of anilines is 1. The summed E-state index contributed by atoms with van der Waals surface area (Å²) < 4.78 is 11.9. The predicted octanol–water partition coefficient (Wildman–Crippen LogP) is 3.90. The molecule has 1 aliphatic rings. The van der Waals surface area contributed by atoms with Gasteiger partial charge >= 0.3 is 12.1 Å². The highest BCUT2D eigenvalue weighted by Crippen LogP contribution is 2.35. The first kappa shape index (κ1) is 21.5. The van der Waals surface area contributed by atoms with Crippen LogP contribution < -0.4 is 4.90 Å². The van der Waals surface area contributed by atoms with E-state index in [0.717, 1.165) is 12.8 Å². The molecule has 2 aromatic heterocycles. The van der Waals surface area contributed by atoms with Crippen LogP contribution in [-0.2, 0) is 9.47 Å². The molecule has 0 atom stereocenters. The van der Waals surface area contributed by atoms with Crippen LogP contribution in [0.25, 0.3) is 16.9 Å². The zero-order valence-electron chi connectivity index (χ0n) is 18.4. The van der Waals surface area contributed by atoms with Gasteiger partial charge in [0.2, 0.25) is 0 Å². The summed E-state index contributed by atoms with van der Waals surface area (Å²) in [6, 6.07) is 8.49. The molecule has 0 aliphatic heterocycles. The van der Waals surface area contributed by atoms with Crippen molar-refractivity contribution in [1.82, 2.24) is 14.6 Å². The van der Waals surface area contributed by atoms with Crippen molar-refractivity contribution < 1.29 is 23.9 Å². The van der Waals surface area contributed by atoms with Gasteiger partial charge in [-0.15, -0.1) is 0 Å². The number of methoxy groups -OCH3 is 1. The van der Waals surface area contributed by atoms with Gasteiger partial charge in [-0.05, 0) is 45.7 Å². The first-order valence-electron chi connectivity index (χ1n) is 10.3. The average Bonchev–Trinajstić information content (AvgIpc) is 3.49. The third-order valence-corrected chi connectivity index (χ3v) is 4.94. The molecule has 0 N–H and O–H groups in total. The second-order valence-electron chi connectivity index (χ2n) is 8.61. The van der Waals surface area contributed by atoms with Gasteiger partial charge in [0.05, 0.1) is 30.1 Å². The Morgan fingerprint density at radius 3 is 2.59 bits per heavy atom. The molecule has 9 nitrogen and oxygen atoms in total. The second kappa shape index (κ2) is 8.07. The Labute approximate surface area is 184 Å². The minimum atomic E-state index is -0.674. The number of hydrogen-bond donors (Lipinski definition) is 0. The lowest BCUT2D eigenvalue weighted by molar-refractivity contribution is 0.0572. The van der Waals surface area contributed by atoms with Crippen molar-refractivity contribution in [3.63, 3.8) is 0 Å². The van der Waals surface area contributed by atoms with Crippen molar-refractivity contribution in [3.8, 4) is 11.3 Å². The van der Waals surface area contributed by atoms with Crippen LogP contribution >= 0.6 is 0 Å². The summed E-state index contributed by atoms with van der Waals surface area (Å²) in [5.41, 5.74) is 1.41. The van der Waals surface area contributed by atoms with Gasteiger partial charge in [0, 0.05) is 17.7 Å². The zero-order chi connectivity index (χ0) is 23.0. The molecule has 0 bridgehead atoms. The molecule has 3 aromatic rings. The van der Waals surface area contributed by atoms with Crippen molar-refractivity contribution in [2.24, 2.45) is 0 Å². The van der Waals surface area contributed by atoms with E-state index >= 15 is 0 Å². The van der Waals surface area contributed by atoms with Gasteiger partial charge in [0.15, 0.2) is 11.9 Å². The maximum absolute atomic E-state index is 13.1. The van der Waals surface area contributed by atoms with Gasteiger partial charge < -0.3 is 9.47 Å². The average molecular weight is 436 g/mol. The van der Waals surface area contributed by atoms with E-state index in [4.69, 9.17) is 9.47 Å². The van der Waals surface area contributed by atoms with Crippen LogP contribution in [0.15, 0.2) is 36.5 Å². The lowest BCUT2D eigenvalue weighted by Crippen LogP contribution is -2.39. The van der Waals surface area contributed by atoms with E-state index in [2.05, 4.69) is 10.1 Å².